The fraction of sp³-hybridized carbons (Fsp3) is 0.714. The van der Waals surface area contributed by atoms with E-state index in [4.69, 9.17) is 0 Å². The summed E-state index contributed by atoms with van der Waals surface area (Å²) in [4.78, 5) is 13.1. The van der Waals surface area contributed by atoms with E-state index in [2.05, 4.69) is 19.8 Å². The third-order valence-corrected chi connectivity index (χ3v) is 6.10. The Balaban J connectivity index is 1.82. The third kappa shape index (κ3) is 3.12. The Morgan fingerprint density at radius 2 is 2.10 bits per heavy atom. The third-order valence-electron chi connectivity index (χ3n) is 4.35. The van der Waals surface area contributed by atoms with Crippen molar-refractivity contribution in [3.05, 3.63) is 12.4 Å². The summed E-state index contributed by atoms with van der Waals surface area (Å²) in [7, 11) is -2.88. The van der Waals surface area contributed by atoms with E-state index < -0.39 is 9.84 Å². The molecule has 1 unspecified atom stereocenters. The average Bonchev–Trinajstić information content (AvgIpc) is 3.10. The molecule has 2 aliphatic rings. The van der Waals surface area contributed by atoms with Crippen LogP contribution in [0.1, 0.15) is 26.2 Å². The number of hydrogen-bond donors (Lipinski definition) is 0. The van der Waals surface area contributed by atoms with Crippen LogP contribution in [-0.4, -0.2) is 55.6 Å². The lowest BCUT2D eigenvalue weighted by Gasteiger charge is -2.28. The number of hydrogen-bond acceptors (Lipinski definition) is 6. The minimum Gasteiger partial charge on any atom is -0.356 e. The normalized spacial score (nSPS) is 24.4. The molecule has 3 heterocycles. The van der Waals surface area contributed by atoms with Crippen molar-refractivity contribution in [1.29, 1.82) is 0 Å². The van der Waals surface area contributed by atoms with Gasteiger partial charge in [-0.2, -0.15) is 0 Å². The number of sulfone groups is 1. The van der Waals surface area contributed by atoms with Crippen molar-refractivity contribution in [1.82, 2.24) is 9.97 Å². The van der Waals surface area contributed by atoms with E-state index in [1.165, 1.54) is 12.8 Å². The van der Waals surface area contributed by atoms with Crippen LogP contribution in [0, 0.1) is 0 Å². The molecule has 0 radical (unpaired) electrons. The van der Waals surface area contributed by atoms with Gasteiger partial charge in [-0.3, -0.25) is 0 Å². The molecule has 2 fully saturated rings. The van der Waals surface area contributed by atoms with E-state index in [1.807, 2.05) is 13.0 Å². The molecule has 0 N–H and O–H groups in total. The molecule has 6 nitrogen and oxygen atoms in total. The molecule has 2 saturated heterocycles. The van der Waals surface area contributed by atoms with E-state index in [9.17, 15) is 8.42 Å². The molecule has 0 aliphatic carbocycles. The molecule has 21 heavy (non-hydrogen) atoms. The topological polar surface area (TPSA) is 66.4 Å². The van der Waals surface area contributed by atoms with Crippen LogP contribution in [0.4, 0.5) is 11.6 Å². The maximum Gasteiger partial charge on any atom is 0.152 e. The van der Waals surface area contributed by atoms with Gasteiger partial charge in [-0.15, -0.1) is 0 Å². The van der Waals surface area contributed by atoms with Crippen LogP contribution in [0.5, 0.6) is 0 Å². The van der Waals surface area contributed by atoms with Crippen molar-refractivity contribution >= 4 is 21.5 Å². The lowest BCUT2D eigenvalue weighted by Crippen LogP contribution is -2.37. The summed E-state index contributed by atoms with van der Waals surface area (Å²) in [5, 5.41) is 0. The van der Waals surface area contributed by atoms with E-state index in [0.717, 1.165) is 31.3 Å². The number of nitrogens with zero attached hydrogens (tertiary/aromatic N) is 4. The average molecular weight is 310 g/mol. The predicted molar refractivity (Wildman–Crippen MR) is 83.6 cm³/mol. The van der Waals surface area contributed by atoms with Gasteiger partial charge in [0, 0.05) is 31.7 Å². The first-order valence-corrected chi connectivity index (χ1v) is 9.45. The van der Waals surface area contributed by atoms with Gasteiger partial charge in [0.2, 0.25) is 0 Å². The van der Waals surface area contributed by atoms with Gasteiger partial charge in [0.15, 0.2) is 9.84 Å². The zero-order valence-electron chi connectivity index (χ0n) is 12.4. The van der Waals surface area contributed by atoms with Crippen molar-refractivity contribution in [2.24, 2.45) is 0 Å². The van der Waals surface area contributed by atoms with E-state index >= 15 is 0 Å². The summed E-state index contributed by atoms with van der Waals surface area (Å²) in [6, 6.07) is 2.04. The standard InChI is InChI=1S/C14H22N4O2S/c1-2-18(12-5-8-21(19,20)10-12)14-9-13(15-11-16-14)17-6-3-4-7-17/h9,11-12H,2-8,10H2,1H3. The van der Waals surface area contributed by atoms with Crippen LogP contribution < -0.4 is 9.80 Å². The minimum atomic E-state index is -2.88. The SMILES string of the molecule is CCN(c1cc(N2CCCC2)ncn1)C1CCS(=O)(=O)C1. The van der Waals surface area contributed by atoms with Crippen molar-refractivity contribution in [2.75, 3.05) is 40.9 Å². The highest BCUT2D eigenvalue weighted by molar-refractivity contribution is 7.91. The van der Waals surface area contributed by atoms with Gasteiger partial charge in [0.25, 0.3) is 0 Å². The Hall–Kier alpha value is -1.37. The van der Waals surface area contributed by atoms with Gasteiger partial charge < -0.3 is 9.80 Å². The predicted octanol–water partition coefficient (Wildman–Crippen LogP) is 1.09. The highest BCUT2D eigenvalue weighted by Gasteiger charge is 2.32. The highest BCUT2D eigenvalue weighted by atomic mass is 32.2. The quantitative estimate of drug-likeness (QED) is 0.829. The summed E-state index contributed by atoms with van der Waals surface area (Å²) in [6.07, 6.45) is 4.70. The summed E-state index contributed by atoms with van der Waals surface area (Å²) in [5.41, 5.74) is 0. The summed E-state index contributed by atoms with van der Waals surface area (Å²) < 4.78 is 23.4. The van der Waals surface area contributed by atoms with Gasteiger partial charge in [-0.1, -0.05) is 0 Å². The summed E-state index contributed by atoms with van der Waals surface area (Å²) in [6.45, 7) is 4.89. The summed E-state index contributed by atoms with van der Waals surface area (Å²) >= 11 is 0. The maximum atomic E-state index is 11.7. The van der Waals surface area contributed by atoms with Gasteiger partial charge in [0.05, 0.1) is 11.5 Å². The Morgan fingerprint density at radius 3 is 2.71 bits per heavy atom. The van der Waals surface area contributed by atoms with Crippen molar-refractivity contribution in [3.8, 4) is 0 Å². The van der Waals surface area contributed by atoms with Crippen LogP contribution in [0.15, 0.2) is 12.4 Å². The monoisotopic (exact) mass is 310 g/mol. The fourth-order valence-corrected chi connectivity index (χ4v) is 4.97. The smallest absolute Gasteiger partial charge is 0.152 e. The van der Waals surface area contributed by atoms with Crippen molar-refractivity contribution in [3.63, 3.8) is 0 Å². The molecule has 116 valence electrons. The van der Waals surface area contributed by atoms with E-state index in [1.54, 1.807) is 6.33 Å². The maximum absolute atomic E-state index is 11.7. The molecule has 1 aromatic rings. The largest absolute Gasteiger partial charge is 0.356 e. The molecule has 3 rings (SSSR count). The highest BCUT2D eigenvalue weighted by Crippen LogP contribution is 2.26. The van der Waals surface area contributed by atoms with Crippen LogP contribution in [-0.2, 0) is 9.84 Å². The van der Waals surface area contributed by atoms with Crippen LogP contribution in [0.2, 0.25) is 0 Å². The number of aromatic nitrogens is 2. The zero-order valence-corrected chi connectivity index (χ0v) is 13.2. The Kier molecular flexibility index (Phi) is 4.01. The van der Waals surface area contributed by atoms with Crippen molar-refractivity contribution in [2.45, 2.75) is 32.2 Å². The van der Waals surface area contributed by atoms with E-state index in [-0.39, 0.29) is 17.5 Å². The van der Waals surface area contributed by atoms with Gasteiger partial charge >= 0.3 is 0 Å². The zero-order chi connectivity index (χ0) is 14.9. The Morgan fingerprint density at radius 1 is 1.33 bits per heavy atom. The molecule has 1 aromatic heterocycles. The lowest BCUT2D eigenvalue weighted by molar-refractivity contribution is 0.599. The van der Waals surface area contributed by atoms with Crippen LogP contribution in [0.3, 0.4) is 0 Å². The minimum absolute atomic E-state index is 0.0429. The molecule has 7 heteroatoms. The van der Waals surface area contributed by atoms with Gasteiger partial charge in [-0.05, 0) is 26.2 Å². The molecule has 0 amide bonds. The summed E-state index contributed by atoms with van der Waals surface area (Å²) in [5.74, 6) is 2.33. The Bertz CT molecular complexity index is 599. The molecule has 0 spiro atoms. The molecule has 0 saturated carbocycles. The first-order valence-electron chi connectivity index (χ1n) is 7.63. The first-order chi connectivity index (χ1) is 10.1. The van der Waals surface area contributed by atoms with Gasteiger partial charge in [0.1, 0.15) is 18.0 Å². The molecular formula is C14H22N4O2S. The van der Waals surface area contributed by atoms with Gasteiger partial charge in [-0.25, -0.2) is 18.4 Å². The van der Waals surface area contributed by atoms with Crippen molar-refractivity contribution < 1.29 is 8.42 Å². The Labute approximate surface area is 126 Å². The molecular weight excluding hydrogens is 288 g/mol. The van der Waals surface area contributed by atoms with Crippen LogP contribution in [0.25, 0.3) is 0 Å². The molecule has 0 aromatic carbocycles. The second kappa shape index (κ2) is 5.79. The molecule has 1 atom stereocenters. The van der Waals surface area contributed by atoms with E-state index in [0.29, 0.717) is 6.42 Å². The molecule has 2 aliphatic heterocycles. The number of rotatable bonds is 4. The lowest BCUT2D eigenvalue weighted by atomic mass is 10.2. The second-order valence-electron chi connectivity index (χ2n) is 5.77. The number of anilines is 2. The first kappa shape index (κ1) is 14.6. The second-order valence-corrected chi connectivity index (χ2v) is 8.00. The van der Waals surface area contributed by atoms with Crippen LogP contribution >= 0.6 is 0 Å². The molecule has 0 bridgehead atoms. The fourth-order valence-electron chi connectivity index (χ4n) is 3.24.